The van der Waals surface area contributed by atoms with Gasteiger partial charge in [-0.2, -0.15) is 9.97 Å². The second-order valence-electron chi connectivity index (χ2n) is 15.6. The average Bonchev–Trinajstić information content (AvgIpc) is 4.19. The molecular formula is C46H41F5N8. The number of piperidine rings is 1. The lowest BCUT2D eigenvalue weighted by Gasteiger charge is -2.32. The third-order valence-electron chi connectivity index (χ3n) is 11.3. The van der Waals surface area contributed by atoms with Gasteiger partial charge in [-0.3, -0.25) is 0 Å². The van der Waals surface area contributed by atoms with Crippen LogP contribution in [0.25, 0.3) is 21.8 Å². The lowest BCUT2D eigenvalue weighted by Crippen LogP contribution is -2.40. The quantitative estimate of drug-likeness (QED) is 0.118. The molecule has 13 heteroatoms. The van der Waals surface area contributed by atoms with Crippen LogP contribution in [0.2, 0.25) is 0 Å². The van der Waals surface area contributed by atoms with E-state index >= 15 is 0 Å². The third-order valence-corrected chi connectivity index (χ3v) is 11.3. The first-order valence-electron chi connectivity index (χ1n) is 19.8. The van der Waals surface area contributed by atoms with Crippen molar-refractivity contribution in [1.82, 2.24) is 19.9 Å². The van der Waals surface area contributed by atoms with Gasteiger partial charge in [-0.1, -0.05) is 60.7 Å². The zero-order valence-electron chi connectivity index (χ0n) is 32.0. The van der Waals surface area contributed by atoms with Gasteiger partial charge in [0, 0.05) is 43.2 Å². The highest BCUT2D eigenvalue weighted by molar-refractivity contribution is 5.91. The molecule has 3 fully saturated rings. The number of para-hydroxylation sites is 2. The summed E-state index contributed by atoms with van der Waals surface area (Å²) < 4.78 is 67.0. The molecule has 3 N–H and O–H groups in total. The Balaban J connectivity index is 0.000000152. The van der Waals surface area contributed by atoms with Gasteiger partial charge in [-0.15, -0.1) is 0 Å². The van der Waals surface area contributed by atoms with Gasteiger partial charge in [0.25, 0.3) is 5.92 Å². The molecule has 0 bridgehead atoms. The lowest BCUT2D eigenvalue weighted by atomic mass is 10.0. The van der Waals surface area contributed by atoms with Crippen LogP contribution >= 0.6 is 0 Å². The van der Waals surface area contributed by atoms with Crippen LogP contribution in [0.15, 0.2) is 121 Å². The van der Waals surface area contributed by atoms with Crippen molar-refractivity contribution in [3.8, 4) is 0 Å². The maximum Gasteiger partial charge on any atom is 0.251 e. The Morgan fingerprint density at radius 1 is 0.508 bits per heavy atom. The topological polar surface area (TPSA) is 90.9 Å². The van der Waals surface area contributed by atoms with E-state index < -0.39 is 5.92 Å². The standard InChI is InChI=1S/C24H20F2N4.C22H21F3N4/c25-18-9-5-16(6-10-18)15-27-23-28-21-4-2-1-3-20(21)22(29-23)30-24(13-14-24)17-7-11-19(26)12-8-17;23-16-7-5-15(6-8-16)21(9-10-21)28-19-17-3-1-2-4-18(17)26-20(27-19)29-13-11-22(24,25)12-14-29/h1-12H,13-15H2,(H2,27,28,29,30);1-8H,9-14H2,(H,26,27,28). The zero-order valence-corrected chi connectivity index (χ0v) is 32.0. The summed E-state index contributed by atoms with van der Waals surface area (Å²) in [5, 5.41) is 12.2. The van der Waals surface area contributed by atoms with Crippen LogP contribution in [0.4, 0.5) is 45.5 Å². The molecule has 5 aromatic carbocycles. The van der Waals surface area contributed by atoms with Crippen molar-refractivity contribution < 1.29 is 22.0 Å². The van der Waals surface area contributed by atoms with E-state index in [2.05, 4.69) is 25.9 Å². The van der Waals surface area contributed by atoms with Crippen molar-refractivity contribution in [1.29, 1.82) is 0 Å². The fraction of sp³-hybridized carbons (Fsp3) is 0.261. The van der Waals surface area contributed by atoms with Gasteiger partial charge in [0.2, 0.25) is 11.9 Å². The number of hydrogen-bond acceptors (Lipinski definition) is 8. The Hall–Kier alpha value is -6.37. The summed E-state index contributed by atoms with van der Waals surface area (Å²) in [6.45, 7) is 0.947. The summed E-state index contributed by atoms with van der Waals surface area (Å²) >= 11 is 0. The Morgan fingerprint density at radius 2 is 0.966 bits per heavy atom. The van der Waals surface area contributed by atoms with Crippen LogP contribution < -0.4 is 20.9 Å². The van der Waals surface area contributed by atoms with Crippen LogP contribution in [0, 0.1) is 17.5 Å². The summed E-state index contributed by atoms with van der Waals surface area (Å²) in [4.78, 5) is 20.5. The fourth-order valence-electron chi connectivity index (χ4n) is 7.58. The van der Waals surface area contributed by atoms with Gasteiger partial charge in [-0.25, -0.2) is 31.9 Å². The van der Waals surface area contributed by atoms with E-state index in [0.717, 1.165) is 70.0 Å². The molecule has 2 aromatic heterocycles. The Bertz CT molecular complexity index is 2590. The van der Waals surface area contributed by atoms with E-state index in [1.54, 1.807) is 24.3 Å². The summed E-state index contributed by atoms with van der Waals surface area (Å²) in [6.07, 6.45) is 3.37. The number of anilines is 4. The second-order valence-corrected chi connectivity index (χ2v) is 15.6. The Kier molecular flexibility index (Phi) is 9.98. The first kappa shape index (κ1) is 38.2. The number of benzene rings is 5. The molecule has 59 heavy (non-hydrogen) atoms. The molecule has 2 aliphatic carbocycles. The van der Waals surface area contributed by atoms with Gasteiger partial charge in [-0.05, 0) is 103 Å². The van der Waals surface area contributed by atoms with E-state index in [1.807, 2.05) is 65.6 Å². The Morgan fingerprint density at radius 3 is 1.47 bits per heavy atom. The lowest BCUT2D eigenvalue weighted by molar-refractivity contribution is -0.0222. The van der Waals surface area contributed by atoms with Crippen LogP contribution in [-0.2, 0) is 17.6 Å². The molecule has 1 aliphatic heterocycles. The Labute approximate surface area is 338 Å². The highest BCUT2D eigenvalue weighted by Crippen LogP contribution is 2.50. The molecule has 300 valence electrons. The second kappa shape index (κ2) is 15.4. The van der Waals surface area contributed by atoms with Crippen molar-refractivity contribution in [2.75, 3.05) is 33.9 Å². The zero-order chi connectivity index (χ0) is 40.6. The smallest absolute Gasteiger partial charge is 0.251 e. The average molecular weight is 801 g/mol. The summed E-state index contributed by atoms with van der Waals surface area (Å²) in [6, 6.07) is 35.0. The van der Waals surface area contributed by atoms with Crippen LogP contribution in [0.1, 0.15) is 55.2 Å². The van der Waals surface area contributed by atoms with Crippen molar-refractivity contribution in [3.05, 3.63) is 155 Å². The highest BCUT2D eigenvalue weighted by atomic mass is 19.3. The highest BCUT2D eigenvalue weighted by Gasteiger charge is 2.46. The molecule has 7 aromatic rings. The van der Waals surface area contributed by atoms with E-state index in [4.69, 9.17) is 9.97 Å². The first-order chi connectivity index (χ1) is 28.6. The molecule has 0 amide bonds. The minimum atomic E-state index is -2.62. The number of halogens is 5. The number of fused-ring (bicyclic) bond motifs is 2. The minimum absolute atomic E-state index is 0.189. The molecule has 0 atom stereocenters. The third kappa shape index (κ3) is 8.46. The normalized spacial score (nSPS) is 17.1. The predicted molar refractivity (Wildman–Crippen MR) is 221 cm³/mol. The molecule has 0 unspecified atom stereocenters. The number of nitrogens with one attached hydrogen (secondary N) is 3. The van der Waals surface area contributed by atoms with Crippen LogP contribution in [-0.4, -0.2) is 38.9 Å². The van der Waals surface area contributed by atoms with Crippen LogP contribution in [0.3, 0.4) is 0 Å². The molecule has 3 aliphatic rings. The number of alkyl halides is 2. The maximum absolute atomic E-state index is 13.6. The summed E-state index contributed by atoms with van der Waals surface area (Å²) in [5.41, 5.74) is 4.08. The number of nitrogens with zero attached hydrogens (tertiary/aromatic N) is 5. The minimum Gasteiger partial charge on any atom is -0.360 e. The van der Waals surface area contributed by atoms with Gasteiger partial charge in [0.15, 0.2) is 0 Å². The van der Waals surface area contributed by atoms with Gasteiger partial charge in [0.1, 0.15) is 29.1 Å². The van der Waals surface area contributed by atoms with Gasteiger partial charge in [0.05, 0.1) is 22.1 Å². The number of hydrogen-bond donors (Lipinski definition) is 3. The predicted octanol–water partition coefficient (Wildman–Crippen LogP) is 10.7. The van der Waals surface area contributed by atoms with E-state index in [1.165, 1.54) is 36.4 Å². The monoisotopic (exact) mass is 800 g/mol. The summed E-state index contributed by atoms with van der Waals surface area (Å²) in [7, 11) is 0. The van der Waals surface area contributed by atoms with E-state index in [9.17, 15) is 22.0 Å². The number of rotatable bonds is 10. The maximum atomic E-state index is 13.6. The van der Waals surface area contributed by atoms with E-state index in [-0.39, 0.29) is 54.5 Å². The molecule has 2 saturated carbocycles. The van der Waals surface area contributed by atoms with Crippen molar-refractivity contribution in [2.45, 2.75) is 62.1 Å². The molecular weight excluding hydrogens is 760 g/mol. The SMILES string of the molecule is Fc1ccc(C2(Nc3nc(N4CCC(F)(F)CC4)nc4ccccc34)CC2)cc1.Fc1ccc(CNc2nc(NC3(c4ccc(F)cc4)CC3)c3ccccc3n2)cc1. The number of aromatic nitrogens is 4. The van der Waals surface area contributed by atoms with Crippen molar-refractivity contribution >= 4 is 45.3 Å². The molecule has 10 rings (SSSR count). The van der Waals surface area contributed by atoms with Gasteiger partial charge >= 0.3 is 0 Å². The van der Waals surface area contributed by atoms with E-state index in [0.29, 0.717) is 24.3 Å². The largest absolute Gasteiger partial charge is 0.360 e. The fourth-order valence-corrected chi connectivity index (χ4v) is 7.58. The molecule has 8 nitrogen and oxygen atoms in total. The van der Waals surface area contributed by atoms with Crippen LogP contribution in [0.5, 0.6) is 0 Å². The first-order valence-corrected chi connectivity index (χ1v) is 19.8. The van der Waals surface area contributed by atoms with Crippen molar-refractivity contribution in [3.63, 3.8) is 0 Å². The molecule has 1 saturated heterocycles. The summed E-state index contributed by atoms with van der Waals surface area (Å²) in [5.74, 6) is -0.992. The van der Waals surface area contributed by atoms with Crippen molar-refractivity contribution in [2.24, 2.45) is 0 Å². The molecule has 0 spiro atoms. The molecule has 0 radical (unpaired) electrons. The van der Waals surface area contributed by atoms with Gasteiger partial charge < -0.3 is 20.9 Å². The molecule has 3 heterocycles.